The number of nitrogens with zero attached hydrogens (tertiary/aromatic N) is 5. The third-order valence-corrected chi connectivity index (χ3v) is 5.57. The largest absolute Gasteiger partial charge is 0.463 e. The fraction of sp³-hybridized carbons (Fsp3) is 0.222. The molecule has 3 N–H and O–H groups in total. The van der Waals surface area contributed by atoms with Gasteiger partial charge in [0.15, 0.2) is 5.65 Å². The van der Waals surface area contributed by atoms with Gasteiger partial charge in [0.2, 0.25) is 0 Å². The zero-order valence-corrected chi connectivity index (χ0v) is 20.8. The van der Waals surface area contributed by atoms with Crippen LogP contribution in [0.4, 0.5) is 11.5 Å². The highest BCUT2D eigenvalue weighted by atomic mass is 16.5. The van der Waals surface area contributed by atoms with Crippen LogP contribution < -0.4 is 15.8 Å². The van der Waals surface area contributed by atoms with Crippen molar-refractivity contribution in [1.29, 1.82) is 0 Å². The standard InChI is InChI=1S/C27H27N7O3/c1-17-10-19(5-7-23(17)37-20-8-9-34-24(13-20)30-16-32-34)33-26-21-11-18(4-6-22(21)29-15-31-26)12-25(35)36-14-27(2,3)28/h4-11,13,15-16H,12,14,28H2,1-3H3,(H,29,31,33). The molecule has 0 aliphatic carbocycles. The molecule has 0 amide bonds. The van der Waals surface area contributed by atoms with Gasteiger partial charge in [0, 0.05) is 28.9 Å². The van der Waals surface area contributed by atoms with Crippen molar-refractivity contribution < 1.29 is 14.3 Å². The van der Waals surface area contributed by atoms with Crippen molar-refractivity contribution in [3.63, 3.8) is 0 Å². The minimum absolute atomic E-state index is 0.131. The van der Waals surface area contributed by atoms with E-state index in [9.17, 15) is 4.79 Å². The fourth-order valence-electron chi connectivity index (χ4n) is 3.76. The summed E-state index contributed by atoms with van der Waals surface area (Å²) in [5, 5.41) is 8.26. The summed E-state index contributed by atoms with van der Waals surface area (Å²) >= 11 is 0. The molecule has 0 aliphatic rings. The Morgan fingerprint density at radius 3 is 2.73 bits per heavy atom. The van der Waals surface area contributed by atoms with Crippen LogP contribution in [0.2, 0.25) is 0 Å². The number of anilines is 2. The molecule has 5 rings (SSSR count). The van der Waals surface area contributed by atoms with Gasteiger partial charge in [0.05, 0.1) is 11.9 Å². The highest BCUT2D eigenvalue weighted by Crippen LogP contribution is 2.30. The molecule has 37 heavy (non-hydrogen) atoms. The lowest BCUT2D eigenvalue weighted by atomic mass is 10.1. The number of aryl methyl sites for hydroxylation is 1. The molecule has 3 aromatic heterocycles. The average Bonchev–Trinajstić information content (AvgIpc) is 3.32. The van der Waals surface area contributed by atoms with Gasteiger partial charge in [-0.05, 0) is 68.3 Å². The van der Waals surface area contributed by atoms with Gasteiger partial charge in [0.25, 0.3) is 0 Å². The smallest absolute Gasteiger partial charge is 0.310 e. The second-order valence-corrected chi connectivity index (χ2v) is 9.53. The number of nitrogens with two attached hydrogens (primary N) is 1. The minimum atomic E-state index is -0.576. The van der Waals surface area contributed by atoms with Gasteiger partial charge in [-0.2, -0.15) is 5.10 Å². The van der Waals surface area contributed by atoms with Crippen molar-refractivity contribution in [3.05, 3.63) is 78.5 Å². The lowest BCUT2D eigenvalue weighted by Gasteiger charge is -2.18. The molecular formula is C27H27N7O3. The van der Waals surface area contributed by atoms with Crippen molar-refractivity contribution in [2.24, 2.45) is 5.73 Å². The number of rotatable bonds is 8. The third-order valence-electron chi connectivity index (χ3n) is 5.57. The lowest BCUT2D eigenvalue weighted by Crippen LogP contribution is -2.38. The van der Waals surface area contributed by atoms with Gasteiger partial charge in [-0.15, -0.1) is 0 Å². The van der Waals surface area contributed by atoms with E-state index in [-0.39, 0.29) is 19.0 Å². The second kappa shape index (κ2) is 9.82. The van der Waals surface area contributed by atoms with Crippen molar-refractivity contribution in [1.82, 2.24) is 24.6 Å². The Labute approximate surface area is 213 Å². The Kier molecular flexibility index (Phi) is 6.41. The molecule has 0 saturated heterocycles. The van der Waals surface area contributed by atoms with Crippen LogP contribution in [0.15, 0.2) is 67.4 Å². The van der Waals surface area contributed by atoms with E-state index in [1.807, 2.05) is 69.3 Å². The minimum Gasteiger partial charge on any atom is -0.463 e. The number of hydrogen-bond donors (Lipinski definition) is 2. The van der Waals surface area contributed by atoms with Crippen molar-refractivity contribution in [2.75, 3.05) is 11.9 Å². The molecule has 0 radical (unpaired) electrons. The molecule has 5 aromatic rings. The first-order valence-electron chi connectivity index (χ1n) is 11.8. The van der Waals surface area contributed by atoms with E-state index in [2.05, 4.69) is 25.4 Å². The van der Waals surface area contributed by atoms with Gasteiger partial charge >= 0.3 is 5.97 Å². The average molecular weight is 498 g/mol. The molecule has 0 spiro atoms. The highest BCUT2D eigenvalue weighted by molar-refractivity contribution is 5.91. The number of benzene rings is 2. The Bertz CT molecular complexity index is 1590. The normalized spacial score (nSPS) is 11.6. The summed E-state index contributed by atoms with van der Waals surface area (Å²) in [6.45, 7) is 5.75. The van der Waals surface area contributed by atoms with Gasteiger partial charge < -0.3 is 20.5 Å². The molecule has 0 bridgehead atoms. The number of esters is 1. The number of carbonyl (C=O) groups is 1. The molecule has 2 aromatic carbocycles. The predicted octanol–water partition coefficient (Wildman–Crippen LogP) is 4.34. The number of carbonyl (C=O) groups excluding carboxylic acids is 1. The number of nitrogens with one attached hydrogen (secondary N) is 1. The molecule has 10 nitrogen and oxygen atoms in total. The topological polar surface area (TPSA) is 130 Å². The quantitative estimate of drug-likeness (QED) is 0.301. The summed E-state index contributed by atoms with van der Waals surface area (Å²) < 4.78 is 13.0. The zero-order chi connectivity index (χ0) is 26.0. The molecule has 0 atom stereocenters. The van der Waals surface area contributed by atoms with Crippen molar-refractivity contribution in [2.45, 2.75) is 32.7 Å². The molecule has 0 unspecified atom stereocenters. The summed E-state index contributed by atoms with van der Waals surface area (Å²) in [6, 6.07) is 15.1. The van der Waals surface area contributed by atoms with Gasteiger partial charge in [-0.1, -0.05) is 6.07 Å². The Morgan fingerprint density at radius 1 is 1.05 bits per heavy atom. The van der Waals surface area contributed by atoms with E-state index in [0.29, 0.717) is 17.2 Å². The summed E-state index contributed by atoms with van der Waals surface area (Å²) in [7, 11) is 0. The van der Waals surface area contributed by atoms with Crippen LogP contribution in [0.1, 0.15) is 25.0 Å². The Morgan fingerprint density at radius 2 is 1.92 bits per heavy atom. The van der Waals surface area contributed by atoms with Gasteiger partial charge in [-0.3, -0.25) is 4.79 Å². The number of hydrogen-bond acceptors (Lipinski definition) is 9. The number of fused-ring (bicyclic) bond motifs is 2. The van der Waals surface area contributed by atoms with E-state index in [0.717, 1.165) is 33.5 Å². The first-order chi connectivity index (χ1) is 17.7. The molecule has 0 fully saturated rings. The maximum absolute atomic E-state index is 12.3. The van der Waals surface area contributed by atoms with Crippen LogP contribution in [-0.4, -0.2) is 42.7 Å². The molecule has 3 heterocycles. The summed E-state index contributed by atoms with van der Waals surface area (Å²) in [5.74, 6) is 1.70. The van der Waals surface area contributed by atoms with E-state index in [1.165, 1.54) is 12.7 Å². The Balaban J connectivity index is 1.33. The van der Waals surface area contributed by atoms with Crippen LogP contribution in [0.5, 0.6) is 11.5 Å². The lowest BCUT2D eigenvalue weighted by molar-refractivity contribution is -0.144. The Hall–Kier alpha value is -4.57. The molecule has 0 saturated carbocycles. The van der Waals surface area contributed by atoms with E-state index in [1.54, 1.807) is 10.7 Å². The maximum atomic E-state index is 12.3. The summed E-state index contributed by atoms with van der Waals surface area (Å²) in [4.78, 5) is 25.3. The van der Waals surface area contributed by atoms with Crippen LogP contribution in [0.25, 0.3) is 16.6 Å². The SMILES string of the molecule is Cc1cc(Nc2ncnc3ccc(CC(=O)OCC(C)(C)N)cc23)ccc1Oc1ccn2ncnc2c1. The summed E-state index contributed by atoms with van der Waals surface area (Å²) in [5.41, 5.74) is 9.38. The van der Waals surface area contributed by atoms with Crippen LogP contribution in [0, 0.1) is 6.92 Å². The number of ether oxygens (including phenoxy) is 2. The van der Waals surface area contributed by atoms with E-state index < -0.39 is 5.54 Å². The number of pyridine rings is 1. The zero-order valence-electron chi connectivity index (χ0n) is 20.8. The predicted molar refractivity (Wildman–Crippen MR) is 140 cm³/mol. The molecule has 188 valence electrons. The van der Waals surface area contributed by atoms with Crippen molar-refractivity contribution >= 4 is 34.0 Å². The van der Waals surface area contributed by atoms with Crippen LogP contribution >= 0.6 is 0 Å². The van der Waals surface area contributed by atoms with Gasteiger partial charge in [-0.25, -0.2) is 19.5 Å². The fourth-order valence-corrected chi connectivity index (χ4v) is 3.76. The maximum Gasteiger partial charge on any atom is 0.310 e. The second-order valence-electron chi connectivity index (χ2n) is 9.53. The van der Waals surface area contributed by atoms with E-state index >= 15 is 0 Å². The molecule has 0 aliphatic heterocycles. The summed E-state index contributed by atoms with van der Waals surface area (Å²) in [6.07, 6.45) is 4.94. The van der Waals surface area contributed by atoms with Gasteiger partial charge in [0.1, 0.15) is 36.6 Å². The molecular weight excluding hydrogens is 470 g/mol. The monoisotopic (exact) mass is 497 g/mol. The van der Waals surface area contributed by atoms with Crippen LogP contribution in [-0.2, 0) is 16.0 Å². The third kappa shape index (κ3) is 5.81. The molecule has 10 heteroatoms. The van der Waals surface area contributed by atoms with E-state index in [4.69, 9.17) is 15.2 Å². The first-order valence-corrected chi connectivity index (χ1v) is 11.8. The van der Waals surface area contributed by atoms with Crippen molar-refractivity contribution in [3.8, 4) is 11.5 Å². The first kappa shape index (κ1) is 24.1. The highest BCUT2D eigenvalue weighted by Gasteiger charge is 2.15. The van der Waals surface area contributed by atoms with Crippen LogP contribution in [0.3, 0.4) is 0 Å². The number of aromatic nitrogens is 5.